The third kappa shape index (κ3) is 33.5. The van der Waals surface area contributed by atoms with Gasteiger partial charge in [-0.3, -0.25) is 4.79 Å². The first kappa shape index (κ1) is 70.3. The molecule has 2 aliphatic heterocycles. The lowest BCUT2D eigenvalue weighted by Crippen LogP contribution is -2.65. The van der Waals surface area contributed by atoms with E-state index in [1.165, 1.54) is 83.5 Å². The number of ether oxygens (including phenoxy) is 4. The summed E-state index contributed by atoms with van der Waals surface area (Å²) in [4.78, 5) is 13.3. The van der Waals surface area contributed by atoms with Gasteiger partial charge >= 0.3 is 0 Å². The Bertz CT molecular complexity index is 1610. The molecule has 14 heteroatoms. The van der Waals surface area contributed by atoms with Crippen LogP contribution in [0.2, 0.25) is 0 Å². The molecule has 2 aliphatic rings. The quantitative estimate of drug-likeness (QED) is 0.0204. The van der Waals surface area contributed by atoms with E-state index in [1.54, 1.807) is 0 Å². The third-order valence-corrected chi connectivity index (χ3v) is 14.4. The number of unbranched alkanes of at least 4 members (excludes halogenated alkanes) is 20. The van der Waals surface area contributed by atoms with Crippen molar-refractivity contribution in [2.24, 2.45) is 0 Å². The average Bonchev–Trinajstić information content (AvgIpc) is 3.43. The summed E-state index contributed by atoms with van der Waals surface area (Å²) in [6, 6.07) is -0.836. The lowest BCUT2D eigenvalue weighted by molar-refractivity contribution is -0.359. The van der Waals surface area contributed by atoms with Gasteiger partial charge in [-0.2, -0.15) is 0 Å². The number of rotatable bonds is 47. The number of hydrogen-bond donors (Lipinski definition) is 9. The van der Waals surface area contributed by atoms with E-state index in [0.717, 1.165) is 96.3 Å². The average molecular weight is 1090 g/mol. The van der Waals surface area contributed by atoms with Gasteiger partial charge in [0, 0.05) is 6.42 Å². The van der Waals surface area contributed by atoms with Crippen molar-refractivity contribution in [3.8, 4) is 0 Å². The molecule has 1 amide bonds. The molecule has 0 aromatic rings. The summed E-state index contributed by atoms with van der Waals surface area (Å²) >= 11 is 0. The van der Waals surface area contributed by atoms with E-state index in [1.807, 2.05) is 0 Å². The molecule has 0 aromatic heterocycles. The first-order chi connectivity index (χ1) is 37.6. The molecule has 12 atom stereocenters. The molecule has 0 bridgehead atoms. The lowest BCUT2D eigenvalue weighted by Gasteiger charge is -2.46. The van der Waals surface area contributed by atoms with E-state index < -0.39 is 86.8 Å². The highest BCUT2D eigenvalue weighted by Crippen LogP contribution is 2.30. The first-order valence-corrected chi connectivity index (χ1v) is 30.3. The van der Waals surface area contributed by atoms with Crippen LogP contribution >= 0.6 is 0 Å². The number of aliphatic hydroxyl groups is 8. The smallest absolute Gasteiger partial charge is 0.220 e. The molecule has 0 radical (unpaired) electrons. The highest BCUT2D eigenvalue weighted by atomic mass is 16.7. The summed E-state index contributed by atoms with van der Waals surface area (Å²) in [6.45, 7) is 2.72. The zero-order chi connectivity index (χ0) is 56.0. The van der Waals surface area contributed by atoms with Gasteiger partial charge in [0.25, 0.3) is 0 Å². The number of allylic oxidation sites excluding steroid dienone is 14. The minimum absolute atomic E-state index is 0.217. The van der Waals surface area contributed by atoms with Gasteiger partial charge in [-0.1, -0.05) is 221 Å². The van der Waals surface area contributed by atoms with Crippen LogP contribution in [0.5, 0.6) is 0 Å². The molecule has 0 aliphatic carbocycles. The molecule has 9 N–H and O–H groups in total. The Morgan fingerprint density at radius 1 is 0.481 bits per heavy atom. The number of amides is 1. The summed E-state index contributed by atoms with van der Waals surface area (Å²) in [5.74, 6) is -0.217. The molecule has 0 saturated carbocycles. The molecule has 0 spiro atoms. The van der Waals surface area contributed by atoms with Gasteiger partial charge in [0.2, 0.25) is 5.91 Å². The third-order valence-electron chi connectivity index (χ3n) is 14.4. The maximum absolute atomic E-state index is 13.3. The Morgan fingerprint density at radius 2 is 0.896 bits per heavy atom. The van der Waals surface area contributed by atoms with E-state index in [-0.39, 0.29) is 12.5 Å². The van der Waals surface area contributed by atoms with E-state index in [2.05, 4.69) is 104 Å². The van der Waals surface area contributed by atoms with E-state index in [0.29, 0.717) is 19.3 Å². The molecular weight excluding hydrogens is 979 g/mol. The number of nitrogens with one attached hydrogen (secondary N) is 1. The van der Waals surface area contributed by atoms with Crippen molar-refractivity contribution in [1.82, 2.24) is 5.32 Å². The topological polar surface area (TPSA) is 228 Å². The molecule has 14 nitrogen and oxygen atoms in total. The van der Waals surface area contributed by atoms with Crippen LogP contribution in [0.4, 0.5) is 0 Å². The fourth-order valence-corrected chi connectivity index (χ4v) is 9.51. The van der Waals surface area contributed by atoms with Gasteiger partial charge in [-0.25, -0.2) is 0 Å². The Morgan fingerprint density at radius 3 is 1.38 bits per heavy atom. The molecule has 2 rings (SSSR count). The summed E-state index contributed by atoms with van der Waals surface area (Å²) in [5, 5.41) is 87.1. The standard InChI is InChI=1S/C63H109NO13/c1-3-5-7-9-11-13-15-17-18-19-20-21-22-23-24-25-26-27-28-29-30-31-32-33-34-35-37-39-41-43-45-47-55(68)64-51(52(67)46-44-42-40-38-36-16-14-12-10-8-6-4-2)50-74-62-60(73)58(71)61(54(49-66)76-62)77-63-59(72)57(70)56(69)53(48-65)75-63/h5,7,11,13,17-18,20-21,23-24,26-27,29-30,51-54,56-63,65-67,69-73H,3-4,6,8-10,12,14-16,19,22,25,28,31-50H2,1-2H3,(H,64,68)/b7-5-,13-11-,18-17-,21-20-,24-23-,27-26-,30-29-. The monoisotopic (exact) mass is 1090 g/mol. The maximum Gasteiger partial charge on any atom is 0.220 e. The largest absolute Gasteiger partial charge is 0.394 e. The second-order valence-corrected chi connectivity index (χ2v) is 21.1. The summed E-state index contributed by atoms with van der Waals surface area (Å²) in [7, 11) is 0. The molecule has 77 heavy (non-hydrogen) atoms. The van der Waals surface area contributed by atoms with Gasteiger partial charge in [-0.05, 0) is 70.6 Å². The van der Waals surface area contributed by atoms with Crippen molar-refractivity contribution >= 4 is 5.91 Å². The summed E-state index contributed by atoms with van der Waals surface area (Å²) in [5.41, 5.74) is 0. The molecular formula is C63H109NO13. The van der Waals surface area contributed by atoms with Gasteiger partial charge in [0.15, 0.2) is 12.6 Å². The van der Waals surface area contributed by atoms with E-state index in [9.17, 15) is 45.6 Å². The van der Waals surface area contributed by atoms with Crippen LogP contribution in [0.15, 0.2) is 85.1 Å². The fourth-order valence-electron chi connectivity index (χ4n) is 9.51. The minimum Gasteiger partial charge on any atom is -0.394 e. The van der Waals surface area contributed by atoms with Crippen LogP contribution in [0.25, 0.3) is 0 Å². The van der Waals surface area contributed by atoms with Gasteiger partial charge in [0.05, 0.1) is 32.0 Å². The Hall–Kier alpha value is -2.83. The Labute approximate surface area is 465 Å². The number of carbonyl (C=O) groups excluding carboxylic acids is 1. The van der Waals surface area contributed by atoms with Gasteiger partial charge in [0.1, 0.15) is 48.8 Å². The predicted molar refractivity (Wildman–Crippen MR) is 309 cm³/mol. The zero-order valence-corrected chi connectivity index (χ0v) is 47.7. The van der Waals surface area contributed by atoms with Crippen molar-refractivity contribution in [2.75, 3.05) is 19.8 Å². The second kappa shape index (κ2) is 47.9. The van der Waals surface area contributed by atoms with Crippen molar-refractivity contribution in [2.45, 2.75) is 286 Å². The van der Waals surface area contributed by atoms with Crippen LogP contribution in [-0.4, -0.2) is 140 Å². The SMILES string of the molecule is CC/C=C\C/C=C\C/C=C\C/C=C\C/C=C\C/C=C\C/C=C\CCCCCCCCCCCC(=O)NC(COC1OC(CO)C(OC2OC(CO)C(O)C(O)C2O)C(O)C1O)C(O)CCCCCCCCCCCCCC. The molecule has 444 valence electrons. The van der Waals surface area contributed by atoms with Gasteiger partial charge < -0.3 is 65.1 Å². The second-order valence-electron chi connectivity index (χ2n) is 21.1. The molecule has 12 unspecified atom stereocenters. The predicted octanol–water partition coefficient (Wildman–Crippen LogP) is 10.5. The highest BCUT2D eigenvalue weighted by Gasteiger charge is 2.51. The van der Waals surface area contributed by atoms with E-state index >= 15 is 0 Å². The van der Waals surface area contributed by atoms with Crippen LogP contribution in [-0.2, 0) is 23.7 Å². The lowest BCUT2D eigenvalue weighted by atomic mass is 9.97. The van der Waals surface area contributed by atoms with Gasteiger partial charge in [-0.15, -0.1) is 0 Å². The van der Waals surface area contributed by atoms with Crippen molar-refractivity contribution in [3.05, 3.63) is 85.1 Å². The van der Waals surface area contributed by atoms with Crippen LogP contribution < -0.4 is 5.32 Å². The van der Waals surface area contributed by atoms with Crippen LogP contribution in [0, 0.1) is 0 Å². The number of aliphatic hydroxyl groups excluding tert-OH is 8. The van der Waals surface area contributed by atoms with Crippen LogP contribution in [0.3, 0.4) is 0 Å². The first-order valence-electron chi connectivity index (χ1n) is 30.3. The zero-order valence-electron chi connectivity index (χ0n) is 47.7. The molecule has 2 saturated heterocycles. The normalized spacial score (nSPS) is 25.3. The Kier molecular flexibility index (Phi) is 43.7. The van der Waals surface area contributed by atoms with Crippen molar-refractivity contribution in [3.63, 3.8) is 0 Å². The maximum atomic E-state index is 13.3. The number of hydrogen-bond acceptors (Lipinski definition) is 13. The minimum atomic E-state index is -1.79. The summed E-state index contributed by atoms with van der Waals surface area (Å²) in [6.07, 6.45) is 47.3. The number of carbonyl (C=O) groups is 1. The highest BCUT2D eigenvalue weighted by molar-refractivity contribution is 5.76. The van der Waals surface area contributed by atoms with Crippen LogP contribution in [0.1, 0.15) is 213 Å². The fraction of sp³-hybridized carbons (Fsp3) is 0.762. The Balaban J connectivity index is 1.68. The summed E-state index contributed by atoms with van der Waals surface area (Å²) < 4.78 is 22.8. The van der Waals surface area contributed by atoms with E-state index in [4.69, 9.17) is 18.9 Å². The molecule has 2 fully saturated rings. The molecule has 2 heterocycles. The van der Waals surface area contributed by atoms with Crippen molar-refractivity contribution < 1.29 is 64.6 Å². The van der Waals surface area contributed by atoms with Crippen molar-refractivity contribution in [1.29, 1.82) is 0 Å². The molecule has 0 aromatic carbocycles.